The predicted octanol–water partition coefficient (Wildman–Crippen LogP) is 3.07. The number of methoxy groups -OCH3 is 1. The first-order valence-corrected chi connectivity index (χ1v) is 9.67. The van der Waals surface area contributed by atoms with Gasteiger partial charge in [0.1, 0.15) is 5.75 Å². The van der Waals surface area contributed by atoms with Crippen LogP contribution in [0.15, 0.2) is 36.5 Å². The van der Waals surface area contributed by atoms with E-state index in [1.54, 1.807) is 17.9 Å². The third kappa shape index (κ3) is 4.69. The van der Waals surface area contributed by atoms with Crippen molar-refractivity contribution in [2.75, 3.05) is 33.8 Å². The van der Waals surface area contributed by atoms with Crippen LogP contribution < -0.4 is 4.74 Å². The van der Waals surface area contributed by atoms with Crippen LogP contribution >= 0.6 is 0 Å². The SMILES string of the molecule is COc1ccc(-n2ccc(C(=O)N3CCC(CN(C)C(C)C)CC3)n2)cc1. The van der Waals surface area contributed by atoms with Gasteiger partial charge in [-0.1, -0.05) is 0 Å². The Morgan fingerprint density at radius 2 is 1.89 bits per heavy atom. The second-order valence-corrected chi connectivity index (χ2v) is 7.61. The molecule has 0 bridgehead atoms. The minimum Gasteiger partial charge on any atom is -0.497 e. The van der Waals surface area contributed by atoms with Gasteiger partial charge in [-0.25, -0.2) is 4.68 Å². The van der Waals surface area contributed by atoms with Crippen molar-refractivity contribution >= 4 is 5.91 Å². The lowest BCUT2D eigenvalue weighted by atomic mass is 9.95. The zero-order valence-corrected chi connectivity index (χ0v) is 16.8. The minimum absolute atomic E-state index is 0.0259. The number of piperidine rings is 1. The highest BCUT2D eigenvalue weighted by Crippen LogP contribution is 2.21. The van der Waals surface area contributed by atoms with E-state index in [1.165, 1.54) is 0 Å². The molecule has 3 rings (SSSR count). The van der Waals surface area contributed by atoms with E-state index in [0.717, 1.165) is 43.9 Å². The highest BCUT2D eigenvalue weighted by Gasteiger charge is 2.26. The van der Waals surface area contributed by atoms with E-state index >= 15 is 0 Å². The molecule has 0 spiro atoms. The van der Waals surface area contributed by atoms with Gasteiger partial charge in [-0.05, 0) is 70.0 Å². The summed E-state index contributed by atoms with van der Waals surface area (Å²) in [7, 11) is 3.82. The molecule has 146 valence electrons. The Morgan fingerprint density at radius 3 is 2.48 bits per heavy atom. The summed E-state index contributed by atoms with van der Waals surface area (Å²) in [5.74, 6) is 1.49. The Balaban J connectivity index is 1.58. The van der Waals surface area contributed by atoms with Crippen LogP contribution in [0.25, 0.3) is 5.69 Å². The van der Waals surface area contributed by atoms with Gasteiger partial charge >= 0.3 is 0 Å². The first-order chi connectivity index (χ1) is 13.0. The predicted molar refractivity (Wildman–Crippen MR) is 107 cm³/mol. The molecule has 27 heavy (non-hydrogen) atoms. The van der Waals surface area contributed by atoms with Crippen LogP contribution in [0.3, 0.4) is 0 Å². The number of nitrogens with zero attached hydrogens (tertiary/aromatic N) is 4. The lowest BCUT2D eigenvalue weighted by Gasteiger charge is -2.34. The van der Waals surface area contributed by atoms with Crippen molar-refractivity contribution in [2.45, 2.75) is 32.7 Å². The number of amides is 1. The average Bonchev–Trinajstić information content (AvgIpc) is 3.18. The summed E-state index contributed by atoms with van der Waals surface area (Å²) in [6.45, 7) is 7.16. The highest BCUT2D eigenvalue weighted by atomic mass is 16.5. The van der Waals surface area contributed by atoms with E-state index in [9.17, 15) is 4.79 Å². The van der Waals surface area contributed by atoms with Crippen LogP contribution in [0.5, 0.6) is 5.75 Å². The molecule has 1 fully saturated rings. The number of aromatic nitrogens is 2. The maximum absolute atomic E-state index is 12.8. The van der Waals surface area contributed by atoms with Crippen LogP contribution in [0.2, 0.25) is 0 Å². The second-order valence-electron chi connectivity index (χ2n) is 7.61. The van der Waals surface area contributed by atoms with E-state index < -0.39 is 0 Å². The lowest BCUT2D eigenvalue weighted by molar-refractivity contribution is 0.0660. The first kappa shape index (κ1) is 19.4. The van der Waals surface area contributed by atoms with Crippen molar-refractivity contribution in [2.24, 2.45) is 5.92 Å². The Kier molecular flexibility index (Phi) is 6.16. The normalized spacial score (nSPS) is 15.6. The zero-order valence-electron chi connectivity index (χ0n) is 16.8. The summed E-state index contributed by atoms with van der Waals surface area (Å²) >= 11 is 0. The van der Waals surface area contributed by atoms with Crippen molar-refractivity contribution in [1.29, 1.82) is 0 Å². The molecule has 1 amide bonds. The zero-order chi connectivity index (χ0) is 19.4. The summed E-state index contributed by atoms with van der Waals surface area (Å²) in [6.07, 6.45) is 3.95. The van der Waals surface area contributed by atoms with E-state index in [-0.39, 0.29) is 5.91 Å². The molecule has 0 saturated carbocycles. The maximum atomic E-state index is 12.8. The van der Waals surface area contributed by atoms with Crippen molar-refractivity contribution in [3.05, 3.63) is 42.2 Å². The molecule has 0 N–H and O–H groups in total. The molecule has 1 aromatic carbocycles. The van der Waals surface area contributed by atoms with Gasteiger partial charge in [0.25, 0.3) is 5.91 Å². The third-order valence-corrected chi connectivity index (χ3v) is 5.47. The fourth-order valence-corrected chi connectivity index (χ4v) is 3.42. The lowest BCUT2D eigenvalue weighted by Crippen LogP contribution is -2.42. The Bertz CT molecular complexity index is 746. The number of hydrogen-bond donors (Lipinski definition) is 0. The summed E-state index contributed by atoms with van der Waals surface area (Å²) in [6, 6.07) is 9.99. The summed E-state index contributed by atoms with van der Waals surface area (Å²) in [5, 5.41) is 4.48. The highest BCUT2D eigenvalue weighted by molar-refractivity contribution is 5.92. The molecule has 0 aliphatic carbocycles. The largest absolute Gasteiger partial charge is 0.497 e. The fourth-order valence-electron chi connectivity index (χ4n) is 3.42. The van der Waals surface area contributed by atoms with Crippen LogP contribution in [-0.2, 0) is 0 Å². The molecule has 1 aliphatic rings. The number of rotatable bonds is 6. The molecular weight excluding hydrogens is 340 g/mol. The molecule has 2 aromatic rings. The summed E-state index contributed by atoms with van der Waals surface area (Å²) in [5.41, 5.74) is 1.41. The summed E-state index contributed by atoms with van der Waals surface area (Å²) < 4.78 is 6.91. The van der Waals surface area contributed by atoms with E-state index in [0.29, 0.717) is 17.7 Å². The van der Waals surface area contributed by atoms with Gasteiger partial charge in [-0.2, -0.15) is 5.10 Å². The number of hydrogen-bond acceptors (Lipinski definition) is 4. The quantitative estimate of drug-likeness (QED) is 0.784. The van der Waals surface area contributed by atoms with Crippen LogP contribution in [-0.4, -0.2) is 65.3 Å². The van der Waals surface area contributed by atoms with Crippen molar-refractivity contribution in [3.8, 4) is 11.4 Å². The molecule has 1 aromatic heterocycles. The van der Waals surface area contributed by atoms with Crippen molar-refractivity contribution < 1.29 is 9.53 Å². The molecule has 2 heterocycles. The second kappa shape index (κ2) is 8.57. The Hall–Kier alpha value is -2.34. The van der Waals surface area contributed by atoms with Gasteiger partial charge in [-0.3, -0.25) is 4.79 Å². The van der Waals surface area contributed by atoms with Crippen LogP contribution in [0.1, 0.15) is 37.2 Å². The average molecular weight is 370 g/mol. The first-order valence-electron chi connectivity index (χ1n) is 9.67. The van der Waals surface area contributed by atoms with Crippen molar-refractivity contribution in [1.82, 2.24) is 19.6 Å². The number of carbonyl (C=O) groups is 1. The fraction of sp³-hybridized carbons (Fsp3) is 0.524. The van der Waals surface area contributed by atoms with Gasteiger partial charge in [0.05, 0.1) is 12.8 Å². The maximum Gasteiger partial charge on any atom is 0.274 e. The molecule has 1 saturated heterocycles. The van der Waals surface area contributed by atoms with E-state index in [4.69, 9.17) is 4.74 Å². The molecule has 0 radical (unpaired) electrons. The van der Waals surface area contributed by atoms with Gasteiger partial charge in [0.15, 0.2) is 5.69 Å². The van der Waals surface area contributed by atoms with Gasteiger partial charge in [0.2, 0.25) is 0 Å². The summed E-state index contributed by atoms with van der Waals surface area (Å²) in [4.78, 5) is 17.1. The molecule has 6 heteroatoms. The van der Waals surface area contributed by atoms with E-state index in [2.05, 4.69) is 30.9 Å². The Morgan fingerprint density at radius 1 is 1.22 bits per heavy atom. The number of likely N-dealkylation sites (tertiary alicyclic amines) is 1. The number of carbonyl (C=O) groups excluding carboxylic acids is 1. The molecule has 1 aliphatic heterocycles. The van der Waals surface area contributed by atoms with Crippen LogP contribution in [0.4, 0.5) is 0 Å². The standard InChI is InChI=1S/C21H30N4O2/c1-16(2)23(3)15-17-9-12-24(13-10-17)21(26)20-11-14-25(22-20)18-5-7-19(27-4)8-6-18/h5-8,11,14,16-17H,9-10,12-13,15H2,1-4H3. The molecule has 6 nitrogen and oxygen atoms in total. The number of benzene rings is 1. The van der Waals surface area contributed by atoms with E-state index in [1.807, 2.05) is 35.4 Å². The van der Waals surface area contributed by atoms with Crippen LogP contribution in [0, 0.1) is 5.92 Å². The molecule has 0 unspecified atom stereocenters. The number of ether oxygens (including phenoxy) is 1. The topological polar surface area (TPSA) is 50.6 Å². The smallest absolute Gasteiger partial charge is 0.274 e. The third-order valence-electron chi connectivity index (χ3n) is 5.47. The minimum atomic E-state index is 0.0259. The van der Waals surface area contributed by atoms with Gasteiger partial charge < -0.3 is 14.5 Å². The molecule has 0 atom stereocenters. The van der Waals surface area contributed by atoms with Gasteiger partial charge in [-0.15, -0.1) is 0 Å². The van der Waals surface area contributed by atoms with Gasteiger partial charge in [0, 0.05) is 31.9 Å². The molecular formula is C21H30N4O2. The van der Waals surface area contributed by atoms with Crippen molar-refractivity contribution in [3.63, 3.8) is 0 Å². The Labute approximate surface area is 161 Å². The monoisotopic (exact) mass is 370 g/mol.